The summed E-state index contributed by atoms with van der Waals surface area (Å²) in [4.78, 5) is 28.6. The number of aromatic nitrogens is 2. The monoisotopic (exact) mass is 461 g/mol. The van der Waals surface area contributed by atoms with E-state index in [1.54, 1.807) is 24.3 Å². The van der Waals surface area contributed by atoms with Crippen molar-refractivity contribution in [2.75, 3.05) is 7.11 Å². The van der Waals surface area contributed by atoms with Gasteiger partial charge in [-0.15, -0.1) is 0 Å². The Kier molecular flexibility index (Phi) is 6.71. The largest absolute Gasteiger partial charge is 0.467 e. The lowest BCUT2D eigenvalue weighted by Gasteiger charge is -2.16. The van der Waals surface area contributed by atoms with Crippen molar-refractivity contribution in [2.45, 2.75) is 18.9 Å². The van der Waals surface area contributed by atoms with Gasteiger partial charge in [-0.05, 0) is 42.0 Å². The Balaban J connectivity index is 1.61. The molecule has 0 radical (unpaired) electrons. The number of ether oxygens (including phenoxy) is 1. The molecule has 9 heteroatoms. The van der Waals surface area contributed by atoms with Crippen molar-refractivity contribution in [1.29, 1.82) is 0 Å². The van der Waals surface area contributed by atoms with E-state index in [1.165, 1.54) is 31.4 Å². The third kappa shape index (κ3) is 5.47. The van der Waals surface area contributed by atoms with E-state index in [4.69, 9.17) is 9.26 Å². The second kappa shape index (κ2) is 9.42. The van der Waals surface area contributed by atoms with Gasteiger partial charge in [0, 0.05) is 22.9 Å². The number of halogens is 2. The van der Waals surface area contributed by atoms with Crippen molar-refractivity contribution in [3.05, 3.63) is 70.3 Å². The highest BCUT2D eigenvalue weighted by atomic mass is 79.9. The highest BCUT2D eigenvalue weighted by Crippen LogP contribution is 2.19. The smallest absolute Gasteiger partial charge is 0.333 e. The molecule has 0 aliphatic rings. The Morgan fingerprint density at radius 1 is 1.17 bits per heavy atom. The van der Waals surface area contributed by atoms with E-state index in [9.17, 15) is 14.0 Å². The van der Waals surface area contributed by atoms with Crippen LogP contribution in [0.15, 0.2) is 57.5 Å². The number of methoxy groups -OCH3 is 1. The van der Waals surface area contributed by atoms with Gasteiger partial charge in [0.2, 0.25) is 17.6 Å². The molecule has 0 fully saturated rings. The lowest BCUT2D eigenvalue weighted by molar-refractivity contribution is -0.145. The summed E-state index contributed by atoms with van der Waals surface area (Å²) < 4.78 is 23.8. The van der Waals surface area contributed by atoms with Crippen LogP contribution in [0.3, 0.4) is 0 Å². The number of nitrogens with zero attached hydrogens (tertiary/aromatic N) is 2. The second-order valence-corrected chi connectivity index (χ2v) is 7.01. The van der Waals surface area contributed by atoms with E-state index in [1.807, 2.05) is 0 Å². The molecule has 1 heterocycles. The van der Waals surface area contributed by atoms with Gasteiger partial charge in [0.05, 0.1) is 7.11 Å². The van der Waals surface area contributed by atoms with Crippen LogP contribution in [0.2, 0.25) is 0 Å². The Hall–Kier alpha value is -3.07. The molecule has 3 rings (SSSR count). The van der Waals surface area contributed by atoms with E-state index < -0.39 is 12.0 Å². The van der Waals surface area contributed by atoms with Crippen LogP contribution >= 0.6 is 15.9 Å². The third-order valence-corrected chi connectivity index (χ3v) is 4.61. The fourth-order valence-corrected chi connectivity index (χ4v) is 2.84. The summed E-state index contributed by atoms with van der Waals surface area (Å²) in [5, 5.41) is 6.49. The molecule has 0 spiro atoms. The average molecular weight is 462 g/mol. The maximum Gasteiger partial charge on any atom is 0.333 e. The summed E-state index contributed by atoms with van der Waals surface area (Å²) in [7, 11) is 1.26. The quantitative estimate of drug-likeness (QED) is 0.540. The molecule has 150 valence electrons. The molecule has 3 aromatic rings. The topological polar surface area (TPSA) is 94.3 Å². The molecule has 1 N–H and O–H groups in total. The van der Waals surface area contributed by atoms with E-state index in [0.29, 0.717) is 17.0 Å². The predicted octanol–water partition coefficient (Wildman–Crippen LogP) is 3.60. The zero-order valence-corrected chi connectivity index (χ0v) is 17.0. The minimum atomic E-state index is -0.918. The summed E-state index contributed by atoms with van der Waals surface area (Å²) in [5.74, 6) is -0.734. The first kappa shape index (κ1) is 20.7. The fraction of sp³-hybridized carbons (Fsp3) is 0.200. The number of carbonyl (C=O) groups is 2. The first-order valence-electron chi connectivity index (χ1n) is 8.67. The SMILES string of the molecule is COC(=O)C(NC(=O)CCc1nc(-c2ccc(F)cc2)no1)c1ccc(Br)cc1. The molecule has 2 aromatic carbocycles. The molecule has 0 saturated heterocycles. The van der Waals surface area contributed by atoms with Crippen LogP contribution < -0.4 is 5.32 Å². The first-order valence-corrected chi connectivity index (χ1v) is 9.46. The van der Waals surface area contributed by atoms with Gasteiger partial charge in [0.1, 0.15) is 5.82 Å². The van der Waals surface area contributed by atoms with Gasteiger partial charge in [-0.25, -0.2) is 9.18 Å². The van der Waals surface area contributed by atoms with Crippen LogP contribution in [0.4, 0.5) is 4.39 Å². The van der Waals surface area contributed by atoms with Gasteiger partial charge >= 0.3 is 5.97 Å². The predicted molar refractivity (Wildman–Crippen MR) is 105 cm³/mol. The van der Waals surface area contributed by atoms with E-state index in [0.717, 1.165) is 4.47 Å². The van der Waals surface area contributed by atoms with Gasteiger partial charge in [-0.3, -0.25) is 4.79 Å². The average Bonchev–Trinajstić information content (AvgIpc) is 3.20. The number of hydrogen-bond acceptors (Lipinski definition) is 6. The molecule has 1 aromatic heterocycles. The minimum Gasteiger partial charge on any atom is -0.467 e. The molecule has 1 amide bonds. The number of esters is 1. The van der Waals surface area contributed by atoms with Crippen molar-refractivity contribution in [1.82, 2.24) is 15.5 Å². The second-order valence-electron chi connectivity index (χ2n) is 6.09. The minimum absolute atomic E-state index is 0.0368. The third-order valence-electron chi connectivity index (χ3n) is 4.08. The first-order chi connectivity index (χ1) is 14.0. The van der Waals surface area contributed by atoms with E-state index >= 15 is 0 Å². The zero-order valence-electron chi connectivity index (χ0n) is 15.4. The molecule has 0 aliphatic carbocycles. The van der Waals surface area contributed by atoms with Gasteiger partial charge < -0.3 is 14.6 Å². The normalized spacial score (nSPS) is 11.7. The molecule has 1 atom stereocenters. The number of carbonyl (C=O) groups excluding carboxylic acids is 2. The Morgan fingerprint density at radius 2 is 1.86 bits per heavy atom. The molecular weight excluding hydrogens is 445 g/mol. The van der Waals surface area contributed by atoms with Crippen molar-refractivity contribution in [3.8, 4) is 11.4 Å². The van der Waals surface area contributed by atoms with Crippen LogP contribution in [0.5, 0.6) is 0 Å². The zero-order chi connectivity index (χ0) is 20.8. The summed E-state index contributed by atoms with van der Waals surface area (Å²) in [6.07, 6.45) is 0.226. The summed E-state index contributed by atoms with van der Waals surface area (Å²) in [5.41, 5.74) is 1.21. The maximum absolute atomic E-state index is 13.0. The number of hydrogen-bond donors (Lipinski definition) is 1. The van der Waals surface area contributed by atoms with Crippen molar-refractivity contribution < 1.29 is 23.2 Å². The molecule has 7 nitrogen and oxygen atoms in total. The van der Waals surface area contributed by atoms with Crippen molar-refractivity contribution in [2.24, 2.45) is 0 Å². The molecule has 0 saturated carbocycles. The van der Waals surface area contributed by atoms with Gasteiger partial charge in [-0.2, -0.15) is 4.98 Å². The summed E-state index contributed by atoms with van der Waals surface area (Å²) in [6, 6.07) is 11.7. The van der Waals surface area contributed by atoms with E-state index in [-0.39, 0.29) is 30.5 Å². The van der Waals surface area contributed by atoms with Crippen LogP contribution in [0, 0.1) is 5.82 Å². The van der Waals surface area contributed by atoms with Crippen molar-refractivity contribution >= 4 is 27.8 Å². The van der Waals surface area contributed by atoms with Crippen LogP contribution in [0.25, 0.3) is 11.4 Å². The molecule has 0 bridgehead atoms. The van der Waals surface area contributed by atoms with Gasteiger partial charge in [0.25, 0.3) is 0 Å². The van der Waals surface area contributed by atoms with Crippen LogP contribution in [-0.2, 0) is 20.7 Å². The fourth-order valence-electron chi connectivity index (χ4n) is 2.58. The highest BCUT2D eigenvalue weighted by Gasteiger charge is 2.23. The Bertz CT molecular complexity index is 990. The Labute approximate surface area is 174 Å². The Morgan fingerprint density at radius 3 is 2.52 bits per heavy atom. The van der Waals surface area contributed by atoms with Crippen LogP contribution in [0.1, 0.15) is 23.9 Å². The lowest BCUT2D eigenvalue weighted by Crippen LogP contribution is -2.34. The molecule has 0 aliphatic heterocycles. The highest BCUT2D eigenvalue weighted by molar-refractivity contribution is 9.10. The summed E-state index contributed by atoms with van der Waals surface area (Å²) in [6.45, 7) is 0. The van der Waals surface area contributed by atoms with Crippen LogP contribution in [-0.4, -0.2) is 29.1 Å². The maximum atomic E-state index is 13.0. The van der Waals surface area contributed by atoms with E-state index in [2.05, 4.69) is 31.4 Å². The molecule has 1 unspecified atom stereocenters. The number of nitrogens with one attached hydrogen (secondary N) is 1. The van der Waals surface area contributed by atoms with Gasteiger partial charge in [0.15, 0.2) is 6.04 Å². The lowest BCUT2D eigenvalue weighted by atomic mass is 10.1. The number of rotatable bonds is 7. The standard InChI is InChI=1S/C20H17BrFN3O4/c1-28-20(27)18(12-2-6-14(21)7-3-12)23-16(26)10-11-17-24-19(25-29-17)13-4-8-15(22)9-5-13/h2-9,18H,10-11H2,1H3,(H,23,26). The van der Waals surface area contributed by atoms with Gasteiger partial charge in [-0.1, -0.05) is 33.2 Å². The number of amides is 1. The molecular formula is C20H17BrFN3O4. The molecule has 29 heavy (non-hydrogen) atoms. The number of benzene rings is 2. The van der Waals surface area contributed by atoms with Crippen molar-refractivity contribution in [3.63, 3.8) is 0 Å². The number of aryl methyl sites for hydroxylation is 1. The summed E-state index contributed by atoms with van der Waals surface area (Å²) >= 11 is 3.33.